The number of nitrogens with zero attached hydrogens (tertiary/aromatic N) is 1. The van der Waals surface area contributed by atoms with Gasteiger partial charge in [-0.15, -0.1) is 0 Å². The van der Waals surface area contributed by atoms with E-state index in [-0.39, 0.29) is 0 Å². The maximum absolute atomic E-state index is 6.24. The zero-order chi connectivity index (χ0) is 13.8. The van der Waals surface area contributed by atoms with Gasteiger partial charge < -0.3 is 10.6 Å². The van der Waals surface area contributed by atoms with Gasteiger partial charge in [0.25, 0.3) is 0 Å². The molecule has 0 fully saturated rings. The lowest BCUT2D eigenvalue weighted by molar-refractivity contribution is 0.832. The number of nitrogens with two attached hydrogens (primary N) is 1. The third-order valence-corrected chi connectivity index (χ3v) is 3.57. The number of benzene rings is 2. The Labute approximate surface area is 119 Å². The van der Waals surface area contributed by atoms with Gasteiger partial charge in [0.05, 0.1) is 0 Å². The third kappa shape index (κ3) is 3.42. The summed E-state index contributed by atoms with van der Waals surface area (Å²) in [5.41, 5.74) is 10.00. The van der Waals surface area contributed by atoms with Gasteiger partial charge in [-0.3, -0.25) is 0 Å². The molecule has 0 aliphatic rings. The van der Waals surface area contributed by atoms with Crippen LogP contribution in [0.3, 0.4) is 0 Å². The number of nitrogen functional groups attached to an aromatic ring is 1. The van der Waals surface area contributed by atoms with Gasteiger partial charge in [-0.05, 0) is 43.7 Å². The van der Waals surface area contributed by atoms with E-state index in [4.69, 9.17) is 17.3 Å². The second-order valence-electron chi connectivity index (χ2n) is 4.70. The number of hydrogen-bond donors (Lipinski definition) is 1. The van der Waals surface area contributed by atoms with Gasteiger partial charge in [-0.25, -0.2) is 0 Å². The van der Waals surface area contributed by atoms with E-state index in [0.29, 0.717) is 5.69 Å². The lowest BCUT2D eigenvalue weighted by Gasteiger charge is -2.24. The zero-order valence-corrected chi connectivity index (χ0v) is 12.1. The number of aryl methyl sites for hydroxylation is 1. The number of halogens is 1. The van der Waals surface area contributed by atoms with Crippen LogP contribution in [-0.2, 0) is 6.54 Å². The summed E-state index contributed by atoms with van der Waals surface area (Å²) in [5.74, 6) is 0. The van der Waals surface area contributed by atoms with Gasteiger partial charge in [-0.1, -0.05) is 35.4 Å². The molecule has 0 bridgehead atoms. The molecule has 0 unspecified atom stereocenters. The molecule has 2 rings (SSSR count). The third-order valence-electron chi connectivity index (χ3n) is 3.22. The molecule has 2 N–H and O–H groups in total. The van der Waals surface area contributed by atoms with Crippen LogP contribution in [0.2, 0.25) is 5.02 Å². The van der Waals surface area contributed by atoms with Crippen molar-refractivity contribution in [2.45, 2.75) is 20.4 Å². The molecular formula is C16H19ClN2. The normalized spacial score (nSPS) is 10.5. The lowest BCUT2D eigenvalue weighted by atomic mass is 10.1. The standard InChI is InChI=1S/C16H19ClN2/c1-3-19(15-8-4-12(2)5-9-15)11-13-6-7-14(18)10-16(13)17/h4-10H,3,11,18H2,1-2H3. The van der Waals surface area contributed by atoms with Gasteiger partial charge in [0.1, 0.15) is 0 Å². The van der Waals surface area contributed by atoms with Crippen LogP contribution in [0.25, 0.3) is 0 Å². The lowest BCUT2D eigenvalue weighted by Crippen LogP contribution is -2.22. The Bertz CT molecular complexity index is 549. The molecule has 0 atom stereocenters. The van der Waals surface area contributed by atoms with Crippen LogP contribution in [0.4, 0.5) is 11.4 Å². The van der Waals surface area contributed by atoms with E-state index in [1.54, 1.807) is 6.07 Å². The highest BCUT2D eigenvalue weighted by Gasteiger charge is 2.08. The van der Waals surface area contributed by atoms with E-state index >= 15 is 0 Å². The minimum Gasteiger partial charge on any atom is -0.399 e. The summed E-state index contributed by atoms with van der Waals surface area (Å²) in [4.78, 5) is 2.29. The Morgan fingerprint density at radius 2 is 1.79 bits per heavy atom. The van der Waals surface area contributed by atoms with Crippen molar-refractivity contribution in [1.29, 1.82) is 0 Å². The summed E-state index contributed by atoms with van der Waals surface area (Å²) in [7, 11) is 0. The van der Waals surface area contributed by atoms with Gasteiger partial charge in [0.2, 0.25) is 0 Å². The van der Waals surface area contributed by atoms with Crippen molar-refractivity contribution in [3.05, 3.63) is 58.6 Å². The largest absolute Gasteiger partial charge is 0.399 e. The van der Waals surface area contributed by atoms with E-state index < -0.39 is 0 Å². The van der Waals surface area contributed by atoms with Crippen LogP contribution < -0.4 is 10.6 Å². The average Bonchev–Trinajstić information content (AvgIpc) is 2.39. The van der Waals surface area contributed by atoms with Crippen molar-refractivity contribution in [2.24, 2.45) is 0 Å². The molecule has 0 aromatic heterocycles. The van der Waals surface area contributed by atoms with Crippen molar-refractivity contribution in [3.8, 4) is 0 Å². The van der Waals surface area contributed by atoms with Crippen molar-refractivity contribution in [3.63, 3.8) is 0 Å². The maximum Gasteiger partial charge on any atom is 0.0476 e. The second kappa shape index (κ2) is 5.98. The fourth-order valence-electron chi connectivity index (χ4n) is 2.04. The van der Waals surface area contributed by atoms with Gasteiger partial charge in [-0.2, -0.15) is 0 Å². The fourth-order valence-corrected chi connectivity index (χ4v) is 2.29. The molecule has 0 radical (unpaired) electrons. The Kier molecular flexibility index (Phi) is 4.33. The predicted molar refractivity (Wildman–Crippen MR) is 83.8 cm³/mol. The Hall–Kier alpha value is -1.67. The SMILES string of the molecule is CCN(Cc1ccc(N)cc1Cl)c1ccc(C)cc1. The van der Waals surface area contributed by atoms with Crippen molar-refractivity contribution < 1.29 is 0 Å². The van der Waals surface area contributed by atoms with Crippen LogP contribution >= 0.6 is 11.6 Å². The van der Waals surface area contributed by atoms with Crippen LogP contribution in [0.15, 0.2) is 42.5 Å². The summed E-state index contributed by atoms with van der Waals surface area (Å²) in [6.07, 6.45) is 0. The Morgan fingerprint density at radius 3 is 2.37 bits per heavy atom. The molecule has 0 heterocycles. The number of anilines is 2. The van der Waals surface area contributed by atoms with E-state index in [0.717, 1.165) is 23.7 Å². The van der Waals surface area contributed by atoms with Crippen LogP contribution in [0, 0.1) is 6.92 Å². The van der Waals surface area contributed by atoms with Crippen molar-refractivity contribution in [1.82, 2.24) is 0 Å². The smallest absolute Gasteiger partial charge is 0.0476 e. The topological polar surface area (TPSA) is 29.3 Å². The summed E-state index contributed by atoms with van der Waals surface area (Å²) >= 11 is 6.24. The van der Waals surface area contributed by atoms with Gasteiger partial charge >= 0.3 is 0 Å². The van der Waals surface area contributed by atoms with Crippen LogP contribution in [0.5, 0.6) is 0 Å². The fraction of sp³-hybridized carbons (Fsp3) is 0.250. The van der Waals surface area contributed by atoms with E-state index in [1.807, 2.05) is 12.1 Å². The predicted octanol–water partition coefficient (Wildman–Crippen LogP) is 4.26. The summed E-state index contributed by atoms with van der Waals surface area (Å²) in [6, 6.07) is 14.2. The molecule has 2 aromatic rings. The molecule has 19 heavy (non-hydrogen) atoms. The summed E-state index contributed by atoms with van der Waals surface area (Å²) in [5, 5.41) is 0.727. The van der Waals surface area contributed by atoms with Gasteiger partial charge in [0, 0.05) is 29.5 Å². The molecular weight excluding hydrogens is 256 g/mol. The zero-order valence-electron chi connectivity index (χ0n) is 11.4. The van der Waals surface area contributed by atoms with Crippen molar-refractivity contribution >= 4 is 23.0 Å². The monoisotopic (exact) mass is 274 g/mol. The second-order valence-corrected chi connectivity index (χ2v) is 5.11. The summed E-state index contributed by atoms with van der Waals surface area (Å²) in [6.45, 7) is 5.96. The number of rotatable bonds is 4. The van der Waals surface area contributed by atoms with E-state index in [1.165, 1.54) is 11.3 Å². The highest BCUT2D eigenvalue weighted by molar-refractivity contribution is 6.31. The van der Waals surface area contributed by atoms with E-state index in [9.17, 15) is 0 Å². The highest BCUT2D eigenvalue weighted by Crippen LogP contribution is 2.23. The quantitative estimate of drug-likeness (QED) is 0.844. The van der Waals surface area contributed by atoms with Crippen molar-refractivity contribution in [2.75, 3.05) is 17.2 Å². The average molecular weight is 275 g/mol. The first-order valence-electron chi connectivity index (χ1n) is 6.45. The molecule has 0 saturated carbocycles. The molecule has 0 spiro atoms. The molecule has 2 nitrogen and oxygen atoms in total. The Morgan fingerprint density at radius 1 is 1.11 bits per heavy atom. The molecule has 2 aromatic carbocycles. The molecule has 0 saturated heterocycles. The molecule has 0 aliphatic heterocycles. The summed E-state index contributed by atoms with van der Waals surface area (Å²) < 4.78 is 0. The van der Waals surface area contributed by atoms with Gasteiger partial charge in [0.15, 0.2) is 0 Å². The first-order chi connectivity index (χ1) is 9.10. The van der Waals surface area contributed by atoms with Crippen LogP contribution in [-0.4, -0.2) is 6.54 Å². The molecule has 100 valence electrons. The molecule has 0 aliphatic carbocycles. The number of hydrogen-bond acceptors (Lipinski definition) is 2. The molecule has 3 heteroatoms. The maximum atomic E-state index is 6.24. The highest BCUT2D eigenvalue weighted by atomic mass is 35.5. The first kappa shape index (κ1) is 13.8. The first-order valence-corrected chi connectivity index (χ1v) is 6.83. The van der Waals surface area contributed by atoms with Crippen LogP contribution in [0.1, 0.15) is 18.1 Å². The van der Waals surface area contributed by atoms with E-state index in [2.05, 4.69) is 43.0 Å². The molecule has 0 amide bonds. The minimum absolute atomic E-state index is 0.701. The Balaban J connectivity index is 2.21. The minimum atomic E-state index is 0.701.